The van der Waals surface area contributed by atoms with Crippen molar-refractivity contribution in [2.75, 3.05) is 0 Å². The summed E-state index contributed by atoms with van der Waals surface area (Å²) < 4.78 is 0. The van der Waals surface area contributed by atoms with Crippen LogP contribution in [0.2, 0.25) is 0 Å². The average molecular weight is 110 g/mol. The fraction of sp³-hybridized carbons (Fsp3) is 0.833. The number of hydrogen-bond donors (Lipinski definition) is 1. The molecule has 44 valence electrons. The third-order valence-electron chi connectivity index (χ3n) is 1.81. The van der Waals surface area contributed by atoms with Gasteiger partial charge in [0.05, 0.1) is 0 Å². The predicted octanol–water partition coefficient (Wildman–Crippen LogP) is 1.000. The fourth-order valence-electron chi connectivity index (χ4n) is 0.967. The fourth-order valence-corrected chi connectivity index (χ4v) is 0.967. The maximum atomic E-state index is 8.21. The highest BCUT2D eigenvalue weighted by Crippen LogP contribution is 2.30. The van der Waals surface area contributed by atoms with Gasteiger partial charge in [-0.15, -0.1) is 0 Å². The van der Waals surface area contributed by atoms with Crippen molar-refractivity contribution in [3.63, 3.8) is 0 Å². The van der Waals surface area contributed by atoms with Gasteiger partial charge in [0.15, 0.2) is 6.19 Å². The van der Waals surface area contributed by atoms with Gasteiger partial charge in [0.2, 0.25) is 0 Å². The first-order valence-electron chi connectivity index (χ1n) is 2.93. The van der Waals surface area contributed by atoms with E-state index in [2.05, 4.69) is 12.2 Å². The molecule has 0 aliphatic heterocycles. The first-order chi connectivity index (χ1) is 3.77. The van der Waals surface area contributed by atoms with Gasteiger partial charge in [0, 0.05) is 5.54 Å². The SMILES string of the molecule is CC1(NC#N)CCC1. The molecule has 1 saturated carbocycles. The van der Waals surface area contributed by atoms with Crippen molar-refractivity contribution in [3.05, 3.63) is 0 Å². The van der Waals surface area contributed by atoms with Crippen molar-refractivity contribution in [2.24, 2.45) is 0 Å². The van der Waals surface area contributed by atoms with Gasteiger partial charge in [0.1, 0.15) is 0 Å². The Hall–Kier alpha value is -0.710. The van der Waals surface area contributed by atoms with Crippen LogP contribution in [0.1, 0.15) is 26.2 Å². The Bertz CT molecular complexity index is 119. The van der Waals surface area contributed by atoms with Crippen LogP contribution in [-0.4, -0.2) is 5.54 Å². The third-order valence-corrected chi connectivity index (χ3v) is 1.81. The van der Waals surface area contributed by atoms with Crippen LogP contribution in [0.15, 0.2) is 0 Å². The first-order valence-corrected chi connectivity index (χ1v) is 2.93. The molecule has 0 aromatic heterocycles. The van der Waals surface area contributed by atoms with Crippen molar-refractivity contribution in [2.45, 2.75) is 31.7 Å². The second kappa shape index (κ2) is 1.66. The lowest BCUT2D eigenvalue weighted by atomic mass is 9.79. The number of rotatable bonds is 1. The second-order valence-electron chi connectivity index (χ2n) is 2.65. The summed E-state index contributed by atoms with van der Waals surface area (Å²) in [7, 11) is 0. The lowest BCUT2D eigenvalue weighted by Gasteiger charge is -2.36. The lowest BCUT2D eigenvalue weighted by molar-refractivity contribution is 0.238. The van der Waals surface area contributed by atoms with Crippen molar-refractivity contribution < 1.29 is 0 Å². The molecule has 1 fully saturated rings. The monoisotopic (exact) mass is 110 g/mol. The predicted molar refractivity (Wildman–Crippen MR) is 31.0 cm³/mol. The Kier molecular flexibility index (Phi) is 1.13. The van der Waals surface area contributed by atoms with E-state index >= 15 is 0 Å². The minimum absolute atomic E-state index is 0.161. The molecule has 2 nitrogen and oxygen atoms in total. The number of nitriles is 1. The van der Waals surface area contributed by atoms with E-state index in [-0.39, 0.29) is 5.54 Å². The van der Waals surface area contributed by atoms with Crippen LogP contribution in [0.3, 0.4) is 0 Å². The minimum Gasteiger partial charge on any atom is -0.318 e. The van der Waals surface area contributed by atoms with E-state index in [9.17, 15) is 0 Å². The van der Waals surface area contributed by atoms with E-state index in [1.807, 2.05) is 6.19 Å². The van der Waals surface area contributed by atoms with Crippen LogP contribution in [-0.2, 0) is 0 Å². The third kappa shape index (κ3) is 0.764. The Balaban J connectivity index is 2.33. The molecule has 8 heavy (non-hydrogen) atoms. The largest absolute Gasteiger partial charge is 0.318 e. The Morgan fingerprint density at radius 2 is 2.25 bits per heavy atom. The maximum Gasteiger partial charge on any atom is 0.177 e. The van der Waals surface area contributed by atoms with Crippen molar-refractivity contribution in [3.8, 4) is 6.19 Å². The molecule has 0 spiro atoms. The van der Waals surface area contributed by atoms with Crippen LogP contribution in [0.4, 0.5) is 0 Å². The summed E-state index contributed by atoms with van der Waals surface area (Å²) in [5, 5.41) is 11.0. The molecule has 0 atom stereocenters. The number of nitrogens with one attached hydrogen (secondary N) is 1. The molecule has 1 rings (SSSR count). The summed E-state index contributed by atoms with van der Waals surface area (Å²) in [6, 6.07) is 0. The molecule has 1 aliphatic carbocycles. The van der Waals surface area contributed by atoms with Gasteiger partial charge in [-0.1, -0.05) is 0 Å². The molecule has 0 bridgehead atoms. The van der Waals surface area contributed by atoms with Gasteiger partial charge < -0.3 is 5.32 Å². The standard InChI is InChI=1S/C6H10N2/c1-6(8-5-7)3-2-4-6/h8H,2-4H2,1H3. The zero-order chi connectivity index (χ0) is 6.04. The highest BCUT2D eigenvalue weighted by atomic mass is 15.0. The lowest BCUT2D eigenvalue weighted by Crippen LogP contribution is -2.45. The van der Waals surface area contributed by atoms with E-state index in [1.54, 1.807) is 0 Å². The summed E-state index contributed by atoms with van der Waals surface area (Å²) >= 11 is 0. The van der Waals surface area contributed by atoms with Crippen LogP contribution in [0.25, 0.3) is 0 Å². The smallest absolute Gasteiger partial charge is 0.177 e. The topological polar surface area (TPSA) is 35.8 Å². The first kappa shape index (κ1) is 5.43. The Labute approximate surface area is 49.5 Å². The van der Waals surface area contributed by atoms with Gasteiger partial charge in [-0.2, -0.15) is 5.26 Å². The van der Waals surface area contributed by atoms with Crippen molar-refractivity contribution >= 4 is 0 Å². The molecule has 2 heteroatoms. The van der Waals surface area contributed by atoms with E-state index < -0.39 is 0 Å². The Morgan fingerprint density at radius 3 is 2.38 bits per heavy atom. The van der Waals surface area contributed by atoms with E-state index in [1.165, 1.54) is 6.42 Å². The van der Waals surface area contributed by atoms with E-state index in [4.69, 9.17) is 5.26 Å². The summed E-state index contributed by atoms with van der Waals surface area (Å²) in [6.07, 6.45) is 5.54. The molecule has 0 heterocycles. The van der Waals surface area contributed by atoms with Gasteiger partial charge in [-0.25, -0.2) is 0 Å². The van der Waals surface area contributed by atoms with E-state index in [0.717, 1.165) is 12.8 Å². The van der Waals surface area contributed by atoms with Crippen LogP contribution in [0.5, 0.6) is 0 Å². The highest BCUT2D eigenvalue weighted by Gasteiger charge is 2.30. The molecule has 0 amide bonds. The molecular formula is C6H10N2. The van der Waals surface area contributed by atoms with Crippen LogP contribution in [0, 0.1) is 11.5 Å². The second-order valence-corrected chi connectivity index (χ2v) is 2.65. The highest BCUT2D eigenvalue weighted by molar-refractivity contribution is 4.95. The van der Waals surface area contributed by atoms with Crippen LogP contribution >= 0.6 is 0 Å². The van der Waals surface area contributed by atoms with Gasteiger partial charge in [-0.05, 0) is 26.2 Å². The molecule has 0 radical (unpaired) electrons. The molecule has 0 unspecified atom stereocenters. The maximum absolute atomic E-state index is 8.21. The van der Waals surface area contributed by atoms with Gasteiger partial charge in [-0.3, -0.25) is 0 Å². The molecule has 1 N–H and O–H groups in total. The quantitative estimate of drug-likeness (QED) is 0.403. The van der Waals surface area contributed by atoms with Crippen LogP contribution < -0.4 is 5.32 Å². The normalized spacial score (nSPS) is 23.0. The number of nitrogens with zero attached hydrogens (tertiary/aromatic N) is 1. The van der Waals surface area contributed by atoms with E-state index in [0.29, 0.717) is 0 Å². The molecule has 1 aliphatic rings. The summed E-state index contributed by atoms with van der Waals surface area (Å²) in [6.45, 7) is 2.08. The molecular weight excluding hydrogens is 100 g/mol. The summed E-state index contributed by atoms with van der Waals surface area (Å²) in [5.41, 5.74) is 0.161. The summed E-state index contributed by atoms with van der Waals surface area (Å²) in [5.74, 6) is 0. The Morgan fingerprint density at radius 1 is 1.62 bits per heavy atom. The van der Waals surface area contributed by atoms with Crippen molar-refractivity contribution in [1.82, 2.24) is 5.32 Å². The average Bonchev–Trinajstić information content (AvgIpc) is 1.64. The zero-order valence-corrected chi connectivity index (χ0v) is 5.07. The zero-order valence-electron chi connectivity index (χ0n) is 5.07. The summed E-state index contributed by atoms with van der Waals surface area (Å²) in [4.78, 5) is 0. The van der Waals surface area contributed by atoms with Gasteiger partial charge in [0.25, 0.3) is 0 Å². The van der Waals surface area contributed by atoms with Gasteiger partial charge >= 0.3 is 0 Å². The minimum atomic E-state index is 0.161. The number of hydrogen-bond acceptors (Lipinski definition) is 2. The van der Waals surface area contributed by atoms with Crippen molar-refractivity contribution in [1.29, 1.82) is 5.26 Å². The molecule has 0 saturated heterocycles. The molecule has 0 aromatic rings. The molecule has 0 aromatic carbocycles.